The van der Waals surface area contributed by atoms with E-state index in [9.17, 15) is 9.59 Å². The van der Waals surface area contributed by atoms with Gasteiger partial charge in [0.05, 0.1) is 6.54 Å². The summed E-state index contributed by atoms with van der Waals surface area (Å²) < 4.78 is 3.90. The van der Waals surface area contributed by atoms with Crippen LogP contribution in [0.5, 0.6) is 0 Å². The molecular formula is C11H19N5O2S. The van der Waals surface area contributed by atoms with Gasteiger partial charge in [-0.05, 0) is 32.3 Å². The van der Waals surface area contributed by atoms with Crippen LogP contribution in [0.2, 0.25) is 0 Å². The van der Waals surface area contributed by atoms with Crippen LogP contribution >= 0.6 is 11.5 Å². The monoisotopic (exact) mass is 285 g/mol. The third-order valence-corrected chi connectivity index (χ3v) is 2.92. The summed E-state index contributed by atoms with van der Waals surface area (Å²) >= 11 is 1.05. The van der Waals surface area contributed by atoms with Gasteiger partial charge in [0.2, 0.25) is 5.91 Å². The molecule has 0 saturated heterocycles. The van der Waals surface area contributed by atoms with E-state index >= 15 is 0 Å². The number of carbonyl (C=O) groups excluding carboxylic acids is 2. The van der Waals surface area contributed by atoms with E-state index in [0.717, 1.165) is 11.5 Å². The van der Waals surface area contributed by atoms with Gasteiger partial charge in [-0.25, -0.2) is 0 Å². The Morgan fingerprint density at radius 3 is 2.53 bits per heavy atom. The van der Waals surface area contributed by atoms with Crippen LogP contribution < -0.4 is 21.7 Å². The summed E-state index contributed by atoms with van der Waals surface area (Å²) in [5.74, 6) is -0.338. The second kappa shape index (κ2) is 5.87. The van der Waals surface area contributed by atoms with E-state index in [-0.39, 0.29) is 35.3 Å². The molecule has 0 fully saturated rings. The van der Waals surface area contributed by atoms with Crippen LogP contribution in [0, 0.1) is 0 Å². The van der Waals surface area contributed by atoms with Gasteiger partial charge in [0.25, 0.3) is 5.91 Å². The molecule has 0 aromatic carbocycles. The summed E-state index contributed by atoms with van der Waals surface area (Å²) in [6.45, 7) is 5.74. The van der Waals surface area contributed by atoms with Crippen molar-refractivity contribution in [3.8, 4) is 0 Å². The Hall–Kier alpha value is -1.83. The van der Waals surface area contributed by atoms with Gasteiger partial charge < -0.3 is 21.7 Å². The van der Waals surface area contributed by atoms with Crippen molar-refractivity contribution in [3.05, 3.63) is 5.56 Å². The average molecular weight is 285 g/mol. The SMILES string of the molecule is CNC(=O)c1c(N)nsc1NCC(=O)NC(C)(C)C. The number of amides is 2. The summed E-state index contributed by atoms with van der Waals surface area (Å²) in [6, 6.07) is 0. The molecule has 1 aromatic heterocycles. The summed E-state index contributed by atoms with van der Waals surface area (Å²) in [7, 11) is 1.51. The zero-order valence-corrected chi connectivity index (χ0v) is 12.3. The highest BCUT2D eigenvalue weighted by Crippen LogP contribution is 2.26. The van der Waals surface area contributed by atoms with Crippen molar-refractivity contribution in [2.75, 3.05) is 24.6 Å². The maximum Gasteiger partial charge on any atom is 0.257 e. The maximum atomic E-state index is 11.7. The van der Waals surface area contributed by atoms with Crippen molar-refractivity contribution in [2.45, 2.75) is 26.3 Å². The van der Waals surface area contributed by atoms with Crippen molar-refractivity contribution in [1.29, 1.82) is 0 Å². The van der Waals surface area contributed by atoms with Crippen LogP contribution in [0.3, 0.4) is 0 Å². The molecule has 0 spiro atoms. The van der Waals surface area contributed by atoms with Crippen LogP contribution in [0.25, 0.3) is 0 Å². The van der Waals surface area contributed by atoms with Crippen LogP contribution in [0.1, 0.15) is 31.1 Å². The third kappa shape index (κ3) is 4.40. The van der Waals surface area contributed by atoms with Gasteiger partial charge >= 0.3 is 0 Å². The molecule has 1 heterocycles. The van der Waals surface area contributed by atoms with E-state index in [1.165, 1.54) is 7.05 Å². The first kappa shape index (κ1) is 15.2. The van der Waals surface area contributed by atoms with E-state index in [2.05, 4.69) is 20.3 Å². The summed E-state index contributed by atoms with van der Waals surface area (Å²) in [5.41, 5.74) is 5.60. The predicted octanol–water partition coefficient (Wildman–Crippen LogP) is 0.411. The molecule has 1 rings (SSSR count). The fourth-order valence-electron chi connectivity index (χ4n) is 1.39. The predicted molar refractivity (Wildman–Crippen MR) is 76.3 cm³/mol. The molecule has 19 heavy (non-hydrogen) atoms. The van der Waals surface area contributed by atoms with E-state index in [1.54, 1.807) is 0 Å². The Balaban J connectivity index is 2.69. The van der Waals surface area contributed by atoms with Crippen LogP contribution in [-0.2, 0) is 4.79 Å². The summed E-state index contributed by atoms with van der Waals surface area (Å²) in [5, 5.41) is 8.65. The van der Waals surface area contributed by atoms with Gasteiger partial charge in [-0.1, -0.05) is 0 Å². The highest BCUT2D eigenvalue weighted by atomic mass is 32.1. The Bertz CT molecular complexity index is 478. The molecule has 0 radical (unpaired) electrons. The summed E-state index contributed by atoms with van der Waals surface area (Å²) in [6.07, 6.45) is 0. The molecule has 0 bridgehead atoms. The lowest BCUT2D eigenvalue weighted by Crippen LogP contribution is -2.43. The minimum absolute atomic E-state index is 0.0584. The first-order valence-corrected chi connectivity index (χ1v) is 6.54. The molecule has 0 atom stereocenters. The van der Waals surface area contributed by atoms with Crippen molar-refractivity contribution in [1.82, 2.24) is 15.0 Å². The van der Waals surface area contributed by atoms with Gasteiger partial charge in [0.1, 0.15) is 10.6 Å². The third-order valence-electron chi connectivity index (χ3n) is 2.10. The molecule has 0 unspecified atom stereocenters. The van der Waals surface area contributed by atoms with Gasteiger partial charge in [-0.3, -0.25) is 9.59 Å². The summed E-state index contributed by atoms with van der Waals surface area (Å²) in [4.78, 5) is 23.3. The zero-order valence-electron chi connectivity index (χ0n) is 11.5. The lowest BCUT2D eigenvalue weighted by molar-refractivity contribution is -0.120. The van der Waals surface area contributed by atoms with Gasteiger partial charge in [0, 0.05) is 12.6 Å². The lowest BCUT2D eigenvalue weighted by Gasteiger charge is -2.20. The number of nitrogen functional groups attached to an aromatic ring is 1. The van der Waals surface area contributed by atoms with Crippen molar-refractivity contribution >= 4 is 34.2 Å². The van der Waals surface area contributed by atoms with Crippen LogP contribution in [0.4, 0.5) is 10.8 Å². The standard InChI is InChI=1S/C11H19N5O2S/c1-11(2,3)15-6(17)5-14-10-7(9(18)13-4)8(12)16-19-10/h14H,5H2,1-4H3,(H2,12,16)(H,13,18)(H,15,17). The van der Waals surface area contributed by atoms with E-state index in [4.69, 9.17) is 5.73 Å². The smallest absolute Gasteiger partial charge is 0.257 e. The molecule has 106 valence electrons. The van der Waals surface area contributed by atoms with Crippen molar-refractivity contribution in [2.24, 2.45) is 0 Å². The number of anilines is 2. The highest BCUT2D eigenvalue weighted by Gasteiger charge is 2.19. The molecule has 1 aromatic rings. The van der Waals surface area contributed by atoms with Gasteiger partial charge in [-0.2, -0.15) is 4.37 Å². The second-order valence-corrected chi connectivity index (χ2v) is 5.78. The number of nitrogens with zero attached hydrogens (tertiary/aromatic N) is 1. The quantitative estimate of drug-likeness (QED) is 0.640. The van der Waals surface area contributed by atoms with E-state index in [1.807, 2.05) is 20.8 Å². The Kier molecular flexibility index (Phi) is 4.71. The number of rotatable bonds is 4. The molecular weight excluding hydrogens is 266 g/mol. The largest absolute Gasteiger partial charge is 0.382 e. The Morgan fingerprint density at radius 2 is 2.00 bits per heavy atom. The topological polar surface area (TPSA) is 109 Å². The average Bonchev–Trinajstić information content (AvgIpc) is 2.64. The second-order valence-electron chi connectivity index (χ2n) is 5.00. The highest BCUT2D eigenvalue weighted by molar-refractivity contribution is 7.11. The van der Waals surface area contributed by atoms with E-state index < -0.39 is 0 Å². The lowest BCUT2D eigenvalue weighted by atomic mass is 10.1. The van der Waals surface area contributed by atoms with Crippen LogP contribution in [-0.4, -0.2) is 35.3 Å². The normalized spacial score (nSPS) is 10.9. The molecule has 2 amide bonds. The fraction of sp³-hybridized carbons (Fsp3) is 0.545. The molecule has 8 heteroatoms. The molecule has 0 aliphatic heterocycles. The van der Waals surface area contributed by atoms with Crippen molar-refractivity contribution < 1.29 is 9.59 Å². The van der Waals surface area contributed by atoms with Crippen LogP contribution in [0.15, 0.2) is 0 Å². The molecule has 0 aliphatic rings. The minimum atomic E-state index is -0.329. The molecule has 0 aliphatic carbocycles. The Labute approximate surface area is 116 Å². The number of hydrogen-bond acceptors (Lipinski definition) is 6. The first-order valence-electron chi connectivity index (χ1n) is 5.76. The molecule has 7 nitrogen and oxygen atoms in total. The zero-order chi connectivity index (χ0) is 14.6. The fourth-order valence-corrected chi connectivity index (χ4v) is 2.10. The molecule has 0 saturated carbocycles. The number of aromatic nitrogens is 1. The minimum Gasteiger partial charge on any atom is -0.382 e. The van der Waals surface area contributed by atoms with Crippen molar-refractivity contribution in [3.63, 3.8) is 0 Å². The first-order chi connectivity index (χ1) is 8.74. The number of hydrogen-bond donors (Lipinski definition) is 4. The Morgan fingerprint density at radius 1 is 1.37 bits per heavy atom. The van der Waals surface area contributed by atoms with E-state index in [0.29, 0.717) is 5.00 Å². The number of nitrogens with two attached hydrogens (primary N) is 1. The van der Waals surface area contributed by atoms with Gasteiger partial charge in [-0.15, -0.1) is 0 Å². The maximum absolute atomic E-state index is 11.7. The van der Waals surface area contributed by atoms with Gasteiger partial charge in [0.15, 0.2) is 5.82 Å². The number of nitrogens with one attached hydrogen (secondary N) is 3. The molecule has 5 N–H and O–H groups in total. The number of carbonyl (C=O) groups is 2.